The van der Waals surface area contributed by atoms with Crippen LogP contribution in [-0.4, -0.2) is 35.4 Å². The monoisotopic (exact) mass is 336 g/mol. The molecule has 5 atom stereocenters. The lowest BCUT2D eigenvalue weighted by atomic mass is 9.64. The van der Waals surface area contributed by atoms with Crippen LogP contribution >= 0.6 is 0 Å². The molecule has 0 N–H and O–H groups in total. The number of methoxy groups -OCH3 is 1. The highest BCUT2D eigenvalue weighted by Crippen LogP contribution is 2.54. The summed E-state index contributed by atoms with van der Waals surface area (Å²) in [6, 6.07) is 7.08. The van der Waals surface area contributed by atoms with Crippen LogP contribution < -0.4 is 4.74 Å². The van der Waals surface area contributed by atoms with Gasteiger partial charge in [0, 0.05) is 36.6 Å². The van der Waals surface area contributed by atoms with Gasteiger partial charge in [0.1, 0.15) is 12.0 Å². The van der Waals surface area contributed by atoms with E-state index in [0.29, 0.717) is 18.0 Å². The largest absolute Gasteiger partial charge is 0.495 e. The maximum atomic E-state index is 11.9. The summed E-state index contributed by atoms with van der Waals surface area (Å²) in [5, 5.41) is 1.29. The maximum absolute atomic E-state index is 11.9. The molecule has 0 spiro atoms. The van der Waals surface area contributed by atoms with Gasteiger partial charge in [0.25, 0.3) is 0 Å². The number of carbonyl (C=O) groups is 1. The van der Waals surface area contributed by atoms with Gasteiger partial charge in [-0.3, -0.25) is 4.90 Å². The van der Waals surface area contributed by atoms with E-state index in [1.165, 1.54) is 34.0 Å². The number of fused-ring (bicyclic) bond motifs is 4. The van der Waals surface area contributed by atoms with Gasteiger partial charge in [0.15, 0.2) is 0 Å². The Hall–Kier alpha value is -2.07. The van der Waals surface area contributed by atoms with E-state index in [9.17, 15) is 4.79 Å². The Bertz CT molecular complexity index is 910. The van der Waals surface area contributed by atoms with Crippen LogP contribution in [0.5, 0.6) is 5.75 Å². The van der Waals surface area contributed by atoms with Gasteiger partial charge in [-0.25, -0.2) is 0 Å². The lowest BCUT2D eigenvalue weighted by Crippen LogP contribution is -2.60. The van der Waals surface area contributed by atoms with Crippen molar-refractivity contribution in [3.8, 4) is 5.75 Å². The van der Waals surface area contributed by atoms with Crippen molar-refractivity contribution in [3.63, 3.8) is 0 Å². The van der Waals surface area contributed by atoms with E-state index >= 15 is 0 Å². The normalized spacial score (nSPS) is 34.4. The van der Waals surface area contributed by atoms with Crippen molar-refractivity contribution in [3.05, 3.63) is 41.1 Å². The van der Waals surface area contributed by atoms with Crippen molar-refractivity contribution in [2.45, 2.75) is 31.8 Å². The number of piperidine rings is 3. The zero-order valence-electron chi connectivity index (χ0n) is 15.0. The van der Waals surface area contributed by atoms with Gasteiger partial charge in [0.05, 0.1) is 18.7 Å². The van der Waals surface area contributed by atoms with Gasteiger partial charge in [-0.2, -0.15) is 0 Å². The SMILES string of the molecule is C/C=C1/CN2[C@H]3C[C@@H]1[C@@H](C=O)[C@@H]2Cc1c3n(C)c2c(OC)cccc12. The molecule has 3 fully saturated rings. The maximum Gasteiger partial charge on any atom is 0.143 e. The van der Waals surface area contributed by atoms with Crippen LogP contribution in [0.15, 0.2) is 29.8 Å². The summed E-state index contributed by atoms with van der Waals surface area (Å²) >= 11 is 0. The fourth-order valence-corrected chi connectivity index (χ4v) is 5.81. The molecule has 1 aromatic heterocycles. The van der Waals surface area contributed by atoms with Crippen molar-refractivity contribution in [2.75, 3.05) is 13.7 Å². The average molecular weight is 336 g/mol. The number of hydrogen-bond donors (Lipinski definition) is 0. The van der Waals surface area contributed by atoms with Crippen LogP contribution in [0, 0.1) is 11.8 Å². The molecule has 2 aromatic rings. The second-order valence-corrected chi connectivity index (χ2v) is 7.66. The zero-order valence-corrected chi connectivity index (χ0v) is 15.0. The third kappa shape index (κ3) is 1.78. The molecule has 5 heterocycles. The Morgan fingerprint density at radius 2 is 2.16 bits per heavy atom. The van der Waals surface area contributed by atoms with Crippen LogP contribution in [0.1, 0.15) is 30.6 Å². The van der Waals surface area contributed by atoms with Crippen LogP contribution in [0.4, 0.5) is 0 Å². The molecule has 6 rings (SSSR count). The first-order valence-corrected chi connectivity index (χ1v) is 9.19. The van der Waals surface area contributed by atoms with Gasteiger partial charge >= 0.3 is 0 Å². The van der Waals surface area contributed by atoms with Gasteiger partial charge in [0.2, 0.25) is 0 Å². The molecule has 4 bridgehead atoms. The molecule has 4 aliphatic rings. The first kappa shape index (κ1) is 15.2. The molecular formula is C21H24N2O2. The molecule has 4 nitrogen and oxygen atoms in total. The van der Waals surface area contributed by atoms with Crippen LogP contribution in [0.3, 0.4) is 0 Å². The van der Waals surface area contributed by atoms with Crippen molar-refractivity contribution >= 4 is 17.2 Å². The highest BCUT2D eigenvalue weighted by Gasteiger charge is 2.53. The lowest BCUT2D eigenvalue weighted by molar-refractivity contribution is -0.121. The second kappa shape index (κ2) is 5.21. The van der Waals surface area contributed by atoms with Crippen molar-refractivity contribution in [2.24, 2.45) is 18.9 Å². The van der Waals surface area contributed by atoms with Crippen molar-refractivity contribution in [1.29, 1.82) is 0 Å². The Balaban J connectivity index is 1.74. The summed E-state index contributed by atoms with van der Waals surface area (Å²) in [6.07, 6.45) is 5.47. The number of aryl methyl sites for hydroxylation is 1. The third-order valence-corrected chi connectivity index (χ3v) is 6.86. The number of para-hydroxylation sites is 1. The Labute approximate surface area is 148 Å². The summed E-state index contributed by atoms with van der Waals surface area (Å²) in [5.41, 5.74) is 5.50. The summed E-state index contributed by atoms with van der Waals surface area (Å²) in [4.78, 5) is 14.5. The minimum Gasteiger partial charge on any atom is -0.495 e. The molecule has 0 amide bonds. The molecule has 130 valence electrons. The zero-order chi connectivity index (χ0) is 17.3. The third-order valence-electron chi connectivity index (χ3n) is 6.86. The van der Waals surface area contributed by atoms with Crippen LogP contribution in [0.2, 0.25) is 0 Å². The van der Waals surface area contributed by atoms with E-state index in [1.807, 2.05) is 6.07 Å². The Kier molecular flexibility index (Phi) is 3.17. The molecule has 25 heavy (non-hydrogen) atoms. The Morgan fingerprint density at radius 3 is 2.88 bits per heavy atom. The lowest BCUT2D eigenvalue weighted by Gasteiger charge is -2.57. The van der Waals surface area contributed by atoms with E-state index in [4.69, 9.17) is 4.74 Å². The van der Waals surface area contributed by atoms with Gasteiger partial charge in [-0.05, 0) is 37.3 Å². The number of allylic oxidation sites excluding steroid dienone is 1. The highest BCUT2D eigenvalue weighted by molar-refractivity contribution is 5.91. The molecule has 3 saturated heterocycles. The molecular weight excluding hydrogens is 312 g/mol. The summed E-state index contributed by atoms with van der Waals surface area (Å²) in [7, 11) is 3.91. The Morgan fingerprint density at radius 1 is 1.32 bits per heavy atom. The fraction of sp³-hybridized carbons (Fsp3) is 0.476. The number of benzene rings is 1. The van der Waals surface area contributed by atoms with Gasteiger partial charge in [-0.15, -0.1) is 0 Å². The molecule has 0 radical (unpaired) electrons. The standard InChI is InChI=1S/C21H24N2O2/c1-4-12-10-23-17-9-15-13-6-5-7-19(25-3)21(13)22(2)20(15)18(23)8-14(12)16(17)11-24/h4-7,11,14,16-18H,8-10H2,1-3H3/b12-4-/t14-,16+,17-,18-/m0/s1. The number of hydrogen-bond acceptors (Lipinski definition) is 3. The molecule has 4 heteroatoms. The summed E-state index contributed by atoms with van der Waals surface area (Å²) in [6.45, 7) is 3.13. The fourth-order valence-electron chi connectivity index (χ4n) is 5.81. The van der Waals surface area contributed by atoms with Crippen LogP contribution in [-0.2, 0) is 18.3 Å². The minimum atomic E-state index is 0.130. The van der Waals surface area contributed by atoms with Gasteiger partial charge < -0.3 is 14.1 Å². The average Bonchev–Trinajstić information content (AvgIpc) is 2.94. The van der Waals surface area contributed by atoms with E-state index in [2.05, 4.69) is 41.6 Å². The second-order valence-electron chi connectivity index (χ2n) is 7.66. The minimum absolute atomic E-state index is 0.130. The smallest absolute Gasteiger partial charge is 0.143 e. The molecule has 0 saturated carbocycles. The first-order valence-electron chi connectivity index (χ1n) is 9.19. The van der Waals surface area contributed by atoms with Crippen molar-refractivity contribution in [1.82, 2.24) is 9.47 Å². The van der Waals surface area contributed by atoms with Crippen molar-refractivity contribution < 1.29 is 9.53 Å². The van der Waals surface area contributed by atoms with E-state index in [-0.39, 0.29) is 5.92 Å². The number of ether oxygens (including phenoxy) is 1. The topological polar surface area (TPSA) is 34.5 Å². The summed E-state index contributed by atoms with van der Waals surface area (Å²) < 4.78 is 7.98. The molecule has 4 aliphatic heterocycles. The molecule has 0 aliphatic carbocycles. The molecule has 1 unspecified atom stereocenters. The van der Waals surface area contributed by atoms with E-state index in [0.717, 1.165) is 25.1 Å². The number of aldehydes is 1. The number of carbonyl (C=O) groups excluding carboxylic acids is 1. The predicted octanol–water partition coefficient (Wildman–Crippen LogP) is 3.25. The number of aromatic nitrogens is 1. The predicted molar refractivity (Wildman–Crippen MR) is 97.8 cm³/mol. The number of nitrogens with zero attached hydrogens (tertiary/aromatic N) is 2. The number of rotatable bonds is 2. The first-order chi connectivity index (χ1) is 12.2. The van der Waals surface area contributed by atoms with E-state index in [1.54, 1.807) is 7.11 Å². The highest BCUT2D eigenvalue weighted by atomic mass is 16.5. The molecule has 1 aromatic carbocycles. The van der Waals surface area contributed by atoms with E-state index < -0.39 is 0 Å². The van der Waals surface area contributed by atoms with Crippen LogP contribution in [0.25, 0.3) is 10.9 Å². The van der Waals surface area contributed by atoms with Gasteiger partial charge in [-0.1, -0.05) is 23.8 Å². The summed E-state index contributed by atoms with van der Waals surface area (Å²) in [5.74, 6) is 1.48. The quantitative estimate of drug-likeness (QED) is 0.624.